The molecule has 1 N–H and O–H groups in total. The van der Waals surface area contributed by atoms with Gasteiger partial charge in [-0.05, 0) is 38.2 Å². The van der Waals surface area contributed by atoms with E-state index < -0.39 is 6.04 Å². The first-order valence-corrected chi connectivity index (χ1v) is 6.42. The number of thiocarbonyl (C=S) groups is 1. The Bertz CT molecular complexity index is 522. The molecular weight excluding hydrogens is 264 g/mol. The molecule has 102 valence electrons. The normalized spacial score (nSPS) is 19.4. The summed E-state index contributed by atoms with van der Waals surface area (Å²) < 4.78 is 10.5. The van der Waals surface area contributed by atoms with Crippen molar-refractivity contribution in [3.05, 3.63) is 35.4 Å². The van der Waals surface area contributed by atoms with E-state index in [-0.39, 0.29) is 5.97 Å². The van der Waals surface area contributed by atoms with Gasteiger partial charge < -0.3 is 19.4 Å². The van der Waals surface area contributed by atoms with Crippen LogP contribution in [-0.4, -0.2) is 29.6 Å². The molecule has 1 aliphatic rings. The summed E-state index contributed by atoms with van der Waals surface area (Å²) >= 11 is 5.25. The number of carbonyl (C=O) groups excluding carboxylic acids is 1. The third-order valence-corrected chi connectivity index (χ3v) is 3.47. The SMILES string of the molecule is CCOC(=O)C1=C(C)N(C)C(=S)N[C@H]1c1ccco1. The predicted molar refractivity (Wildman–Crippen MR) is 74.3 cm³/mol. The minimum atomic E-state index is -0.405. The van der Waals surface area contributed by atoms with Crippen LogP contribution < -0.4 is 5.32 Å². The van der Waals surface area contributed by atoms with E-state index in [4.69, 9.17) is 21.4 Å². The van der Waals surface area contributed by atoms with Gasteiger partial charge in [-0.15, -0.1) is 0 Å². The second-order valence-electron chi connectivity index (χ2n) is 4.18. The molecule has 1 aromatic heterocycles. The average molecular weight is 280 g/mol. The third kappa shape index (κ3) is 2.49. The Morgan fingerprint density at radius 3 is 2.95 bits per heavy atom. The number of ether oxygens (including phenoxy) is 1. The van der Waals surface area contributed by atoms with Gasteiger partial charge >= 0.3 is 5.97 Å². The molecule has 0 amide bonds. The van der Waals surface area contributed by atoms with Gasteiger partial charge in [0.1, 0.15) is 11.8 Å². The first-order chi connectivity index (χ1) is 9.06. The molecule has 0 saturated carbocycles. The van der Waals surface area contributed by atoms with Crippen LogP contribution in [-0.2, 0) is 9.53 Å². The molecule has 0 aromatic carbocycles. The van der Waals surface area contributed by atoms with Crippen molar-refractivity contribution in [3.8, 4) is 0 Å². The first-order valence-electron chi connectivity index (χ1n) is 6.01. The number of rotatable bonds is 3. The fraction of sp³-hybridized carbons (Fsp3) is 0.385. The summed E-state index contributed by atoms with van der Waals surface area (Å²) in [4.78, 5) is 13.9. The third-order valence-electron chi connectivity index (χ3n) is 3.08. The number of esters is 1. The Labute approximate surface area is 117 Å². The number of nitrogens with one attached hydrogen (secondary N) is 1. The summed E-state index contributed by atoms with van der Waals surface area (Å²) in [5, 5.41) is 3.64. The minimum Gasteiger partial charge on any atom is -0.467 e. The maximum Gasteiger partial charge on any atom is 0.338 e. The second-order valence-corrected chi connectivity index (χ2v) is 4.56. The van der Waals surface area contributed by atoms with Crippen LogP contribution in [0.2, 0.25) is 0 Å². The van der Waals surface area contributed by atoms with Crippen molar-refractivity contribution in [2.45, 2.75) is 19.9 Å². The lowest BCUT2D eigenvalue weighted by Gasteiger charge is -2.34. The fourth-order valence-corrected chi connectivity index (χ4v) is 2.23. The number of carbonyl (C=O) groups is 1. The van der Waals surface area contributed by atoms with Crippen molar-refractivity contribution in [2.75, 3.05) is 13.7 Å². The fourth-order valence-electron chi connectivity index (χ4n) is 1.98. The number of allylic oxidation sites excluding steroid dienone is 1. The lowest BCUT2D eigenvalue weighted by Crippen LogP contribution is -2.46. The maximum atomic E-state index is 12.1. The van der Waals surface area contributed by atoms with Crippen LogP contribution >= 0.6 is 12.2 Å². The van der Waals surface area contributed by atoms with Crippen molar-refractivity contribution in [1.82, 2.24) is 10.2 Å². The molecule has 0 bridgehead atoms. The van der Waals surface area contributed by atoms with E-state index in [0.29, 0.717) is 23.1 Å². The molecule has 0 fully saturated rings. The molecule has 0 spiro atoms. The first kappa shape index (κ1) is 13.6. The lowest BCUT2D eigenvalue weighted by atomic mass is 10.0. The minimum absolute atomic E-state index is 0.328. The smallest absolute Gasteiger partial charge is 0.338 e. The van der Waals surface area contributed by atoms with Crippen molar-refractivity contribution >= 4 is 23.3 Å². The highest BCUT2D eigenvalue weighted by Crippen LogP contribution is 2.30. The van der Waals surface area contributed by atoms with E-state index in [2.05, 4.69) is 5.32 Å². The van der Waals surface area contributed by atoms with Crippen LogP contribution in [0, 0.1) is 0 Å². The lowest BCUT2D eigenvalue weighted by molar-refractivity contribution is -0.139. The zero-order valence-electron chi connectivity index (χ0n) is 11.1. The summed E-state index contributed by atoms with van der Waals surface area (Å²) in [6.45, 7) is 3.95. The van der Waals surface area contributed by atoms with E-state index in [0.717, 1.165) is 5.70 Å². The van der Waals surface area contributed by atoms with Gasteiger partial charge in [-0.3, -0.25) is 0 Å². The van der Waals surface area contributed by atoms with Gasteiger partial charge in [0.05, 0.1) is 18.4 Å². The van der Waals surface area contributed by atoms with Crippen LogP contribution in [0.3, 0.4) is 0 Å². The Morgan fingerprint density at radius 2 is 2.37 bits per heavy atom. The van der Waals surface area contributed by atoms with E-state index >= 15 is 0 Å². The van der Waals surface area contributed by atoms with E-state index in [1.807, 2.05) is 14.0 Å². The molecule has 0 unspecified atom stereocenters. The van der Waals surface area contributed by atoms with E-state index in [1.54, 1.807) is 30.2 Å². The number of furan rings is 1. The number of hydrogen-bond acceptors (Lipinski definition) is 4. The molecule has 5 nitrogen and oxygen atoms in total. The summed E-state index contributed by atoms with van der Waals surface area (Å²) in [6.07, 6.45) is 1.57. The number of nitrogens with zero attached hydrogens (tertiary/aromatic N) is 1. The molecule has 1 atom stereocenters. The number of hydrogen-bond donors (Lipinski definition) is 1. The van der Waals surface area contributed by atoms with Gasteiger partial charge in [-0.25, -0.2) is 4.79 Å². The van der Waals surface area contributed by atoms with Gasteiger partial charge in [-0.2, -0.15) is 0 Å². The summed E-state index contributed by atoms with van der Waals surface area (Å²) in [6, 6.07) is 3.17. The van der Waals surface area contributed by atoms with Crippen molar-refractivity contribution in [1.29, 1.82) is 0 Å². The quantitative estimate of drug-likeness (QED) is 0.675. The zero-order chi connectivity index (χ0) is 14.0. The van der Waals surface area contributed by atoms with Crippen LogP contribution in [0.1, 0.15) is 25.6 Å². The standard InChI is InChI=1S/C13H16N2O3S/c1-4-17-12(16)10-8(2)15(3)13(19)14-11(10)9-6-5-7-18-9/h5-7,11H,4H2,1-3H3,(H,14,19)/t11-/m0/s1. The van der Waals surface area contributed by atoms with Gasteiger partial charge in [0, 0.05) is 12.7 Å². The molecule has 0 radical (unpaired) electrons. The van der Waals surface area contributed by atoms with Gasteiger partial charge in [0.15, 0.2) is 5.11 Å². The van der Waals surface area contributed by atoms with Crippen LogP contribution in [0.15, 0.2) is 34.1 Å². The van der Waals surface area contributed by atoms with E-state index in [1.165, 1.54) is 0 Å². The largest absolute Gasteiger partial charge is 0.467 e. The molecule has 1 aromatic rings. The summed E-state index contributed by atoms with van der Waals surface area (Å²) in [7, 11) is 1.81. The molecule has 2 rings (SSSR count). The molecule has 2 heterocycles. The van der Waals surface area contributed by atoms with Crippen molar-refractivity contribution in [3.63, 3.8) is 0 Å². The highest BCUT2D eigenvalue weighted by atomic mass is 32.1. The monoisotopic (exact) mass is 280 g/mol. The highest BCUT2D eigenvalue weighted by Gasteiger charge is 2.34. The zero-order valence-corrected chi connectivity index (χ0v) is 11.9. The van der Waals surface area contributed by atoms with Crippen molar-refractivity contribution in [2.24, 2.45) is 0 Å². The summed E-state index contributed by atoms with van der Waals surface area (Å²) in [5.41, 5.74) is 1.29. The molecule has 0 aliphatic carbocycles. The molecule has 6 heteroatoms. The molecule has 1 aliphatic heterocycles. The second kappa shape index (κ2) is 5.44. The van der Waals surface area contributed by atoms with E-state index in [9.17, 15) is 4.79 Å². The van der Waals surface area contributed by atoms with Crippen molar-refractivity contribution < 1.29 is 13.9 Å². The van der Waals surface area contributed by atoms with Gasteiger partial charge in [0.2, 0.25) is 0 Å². The Kier molecular flexibility index (Phi) is 3.90. The molecular formula is C13H16N2O3S. The molecule has 0 saturated heterocycles. The maximum absolute atomic E-state index is 12.1. The molecule has 19 heavy (non-hydrogen) atoms. The van der Waals surface area contributed by atoms with Gasteiger partial charge in [0.25, 0.3) is 0 Å². The Balaban J connectivity index is 2.45. The topological polar surface area (TPSA) is 54.7 Å². The Hall–Kier alpha value is -1.82. The van der Waals surface area contributed by atoms with Crippen LogP contribution in [0.4, 0.5) is 0 Å². The van der Waals surface area contributed by atoms with Crippen LogP contribution in [0.25, 0.3) is 0 Å². The van der Waals surface area contributed by atoms with Gasteiger partial charge in [-0.1, -0.05) is 0 Å². The van der Waals surface area contributed by atoms with Crippen LogP contribution in [0.5, 0.6) is 0 Å². The predicted octanol–water partition coefficient (Wildman–Crippen LogP) is 1.98. The summed E-state index contributed by atoms with van der Waals surface area (Å²) in [5.74, 6) is 0.279. The highest BCUT2D eigenvalue weighted by molar-refractivity contribution is 7.80. The average Bonchev–Trinajstić information content (AvgIpc) is 2.89. The Morgan fingerprint density at radius 1 is 1.63 bits per heavy atom.